The van der Waals surface area contributed by atoms with Gasteiger partial charge in [-0.2, -0.15) is 0 Å². The average molecular weight is 138 g/mol. The fraction of sp³-hybridized carbons (Fsp3) is 0.143. The molecule has 0 unspecified atom stereocenters. The van der Waals surface area contributed by atoms with Crippen molar-refractivity contribution in [1.29, 1.82) is 0 Å². The lowest BCUT2D eigenvalue weighted by Crippen LogP contribution is -1.77. The summed E-state index contributed by atoms with van der Waals surface area (Å²) in [5.41, 5.74) is 0.966. The van der Waals surface area contributed by atoms with Gasteiger partial charge in [0.1, 0.15) is 0 Å². The monoisotopic (exact) mass is 138 g/mol. The van der Waals surface area contributed by atoms with Crippen LogP contribution in [0.25, 0.3) is 0 Å². The number of thioether (sulfide) groups is 1. The molecule has 0 fully saturated rings. The van der Waals surface area contributed by atoms with Gasteiger partial charge in [-0.25, -0.2) is 4.98 Å². The summed E-state index contributed by atoms with van der Waals surface area (Å²) in [6.07, 6.45) is 3.77. The summed E-state index contributed by atoms with van der Waals surface area (Å²) < 4.78 is 0. The molecular weight excluding hydrogens is 130 g/mol. The fourth-order valence-electron chi connectivity index (χ4n) is 0.532. The zero-order valence-corrected chi connectivity index (χ0v) is 6.11. The highest BCUT2D eigenvalue weighted by Gasteiger charge is 1.87. The van der Waals surface area contributed by atoms with E-state index in [4.69, 9.17) is 0 Å². The van der Waals surface area contributed by atoms with Gasteiger partial charge in [-0.3, -0.25) is 0 Å². The molecule has 0 spiro atoms. The molecule has 1 radical (unpaired) electrons. The lowest BCUT2D eigenvalue weighted by atomic mass is 10.3. The molecule has 0 saturated heterocycles. The number of pyridine rings is 1. The van der Waals surface area contributed by atoms with E-state index in [1.165, 1.54) is 0 Å². The minimum Gasteiger partial charge on any atom is -0.250 e. The third-order valence-electron chi connectivity index (χ3n) is 1.01. The van der Waals surface area contributed by atoms with Gasteiger partial charge in [-0.15, -0.1) is 11.8 Å². The highest BCUT2D eigenvalue weighted by atomic mass is 32.2. The lowest BCUT2D eigenvalue weighted by Gasteiger charge is -1.92. The van der Waals surface area contributed by atoms with E-state index in [0.717, 1.165) is 10.6 Å². The summed E-state index contributed by atoms with van der Waals surface area (Å²) in [5, 5.41) is 1.04. The Labute approximate surface area is 59.5 Å². The van der Waals surface area contributed by atoms with E-state index in [0.29, 0.717) is 0 Å². The first kappa shape index (κ1) is 6.62. The van der Waals surface area contributed by atoms with Gasteiger partial charge < -0.3 is 0 Å². The third-order valence-corrected chi connectivity index (χ3v) is 1.67. The second kappa shape index (κ2) is 2.87. The van der Waals surface area contributed by atoms with Crippen LogP contribution in [0.5, 0.6) is 0 Å². The zero-order chi connectivity index (χ0) is 6.69. The smallest absolute Gasteiger partial charge is 0.0957 e. The number of hydrogen-bond acceptors (Lipinski definition) is 2. The summed E-state index contributed by atoms with van der Waals surface area (Å²) >= 11 is 1.64. The second-order valence-electron chi connectivity index (χ2n) is 1.71. The zero-order valence-electron chi connectivity index (χ0n) is 5.29. The summed E-state index contributed by atoms with van der Waals surface area (Å²) in [5.74, 6) is 0. The molecule has 1 aromatic heterocycles. The van der Waals surface area contributed by atoms with Crippen molar-refractivity contribution in [3.05, 3.63) is 30.8 Å². The molecule has 47 valence electrons. The van der Waals surface area contributed by atoms with Crippen molar-refractivity contribution in [3.63, 3.8) is 0 Å². The van der Waals surface area contributed by atoms with E-state index >= 15 is 0 Å². The van der Waals surface area contributed by atoms with Gasteiger partial charge in [-0.1, -0.05) is 6.07 Å². The Hall–Kier alpha value is -0.500. The van der Waals surface area contributed by atoms with Crippen LogP contribution in [0.1, 0.15) is 5.56 Å². The maximum Gasteiger partial charge on any atom is 0.0957 e. The van der Waals surface area contributed by atoms with Crippen LogP contribution in [0.4, 0.5) is 0 Å². The Morgan fingerprint density at radius 1 is 1.56 bits per heavy atom. The Morgan fingerprint density at radius 3 is 2.78 bits per heavy atom. The van der Waals surface area contributed by atoms with Crippen LogP contribution in [0.3, 0.4) is 0 Å². The molecule has 2 heteroatoms. The van der Waals surface area contributed by atoms with Gasteiger partial charge in [0, 0.05) is 6.20 Å². The molecule has 0 atom stereocenters. The van der Waals surface area contributed by atoms with Crippen molar-refractivity contribution in [2.24, 2.45) is 0 Å². The van der Waals surface area contributed by atoms with Gasteiger partial charge in [0.2, 0.25) is 0 Å². The van der Waals surface area contributed by atoms with Crippen LogP contribution in [0.15, 0.2) is 23.4 Å². The van der Waals surface area contributed by atoms with Crippen molar-refractivity contribution >= 4 is 11.8 Å². The van der Waals surface area contributed by atoms with Crippen LogP contribution in [-0.2, 0) is 0 Å². The van der Waals surface area contributed by atoms with Gasteiger partial charge in [-0.05, 0) is 24.8 Å². The van der Waals surface area contributed by atoms with Crippen LogP contribution < -0.4 is 0 Å². The van der Waals surface area contributed by atoms with Gasteiger partial charge in [0.15, 0.2) is 0 Å². The summed E-state index contributed by atoms with van der Waals surface area (Å²) in [6, 6.07) is 3.92. The lowest BCUT2D eigenvalue weighted by molar-refractivity contribution is 1.13. The maximum absolute atomic E-state index is 4.10. The van der Waals surface area contributed by atoms with Crippen molar-refractivity contribution in [3.8, 4) is 0 Å². The number of nitrogens with zero attached hydrogens (tertiary/aromatic N) is 1. The first-order chi connectivity index (χ1) is 4.33. The number of aromatic nitrogens is 1. The SMILES string of the molecule is [CH2]c1ccc(SC)nc1. The van der Waals surface area contributed by atoms with Crippen molar-refractivity contribution in [2.75, 3.05) is 6.26 Å². The van der Waals surface area contributed by atoms with E-state index in [-0.39, 0.29) is 0 Å². The molecule has 1 heterocycles. The van der Waals surface area contributed by atoms with Crippen molar-refractivity contribution in [1.82, 2.24) is 4.98 Å². The highest BCUT2D eigenvalue weighted by Crippen LogP contribution is 2.09. The molecule has 9 heavy (non-hydrogen) atoms. The molecule has 0 aromatic carbocycles. The molecule has 0 aliphatic heterocycles. The topological polar surface area (TPSA) is 12.9 Å². The molecule has 0 amide bonds. The minimum absolute atomic E-state index is 0.966. The van der Waals surface area contributed by atoms with E-state index in [1.54, 1.807) is 18.0 Å². The van der Waals surface area contributed by atoms with Crippen LogP contribution in [-0.4, -0.2) is 11.2 Å². The predicted octanol–water partition coefficient (Wildman–Crippen LogP) is 1.99. The molecule has 0 bridgehead atoms. The first-order valence-electron chi connectivity index (χ1n) is 2.65. The fourth-order valence-corrected chi connectivity index (χ4v) is 0.894. The predicted molar refractivity (Wildman–Crippen MR) is 40.5 cm³/mol. The molecule has 0 N–H and O–H groups in total. The quantitative estimate of drug-likeness (QED) is 0.550. The normalized spacial score (nSPS) is 9.56. The van der Waals surface area contributed by atoms with Crippen molar-refractivity contribution < 1.29 is 0 Å². The Morgan fingerprint density at radius 2 is 2.33 bits per heavy atom. The summed E-state index contributed by atoms with van der Waals surface area (Å²) in [6.45, 7) is 3.72. The van der Waals surface area contributed by atoms with Gasteiger partial charge in [0.05, 0.1) is 5.03 Å². The van der Waals surface area contributed by atoms with E-state index in [1.807, 2.05) is 18.4 Å². The van der Waals surface area contributed by atoms with E-state index in [9.17, 15) is 0 Å². The molecular formula is C7H8NS. The molecule has 0 aliphatic carbocycles. The molecule has 0 saturated carbocycles. The molecule has 1 aromatic rings. The van der Waals surface area contributed by atoms with Crippen LogP contribution in [0, 0.1) is 6.92 Å². The van der Waals surface area contributed by atoms with Gasteiger partial charge >= 0.3 is 0 Å². The highest BCUT2D eigenvalue weighted by molar-refractivity contribution is 7.98. The Balaban J connectivity index is 2.88. The maximum atomic E-state index is 4.10. The van der Waals surface area contributed by atoms with Crippen LogP contribution >= 0.6 is 11.8 Å². The number of hydrogen-bond donors (Lipinski definition) is 0. The van der Waals surface area contributed by atoms with E-state index in [2.05, 4.69) is 11.9 Å². The Kier molecular flexibility index (Phi) is 2.11. The summed E-state index contributed by atoms with van der Waals surface area (Å²) in [4.78, 5) is 4.10. The molecule has 1 nitrogen and oxygen atoms in total. The third kappa shape index (κ3) is 1.72. The van der Waals surface area contributed by atoms with Crippen LogP contribution in [0.2, 0.25) is 0 Å². The number of rotatable bonds is 1. The first-order valence-corrected chi connectivity index (χ1v) is 3.87. The molecule has 1 rings (SSSR count). The van der Waals surface area contributed by atoms with Crippen molar-refractivity contribution in [2.45, 2.75) is 5.03 Å². The second-order valence-corrected chi connectivity index (χ2v) is 2.54. The largest absolute Gasteiger partial charge is 0.250 e. The Bertz CT molecular complexity index is 181. The minimum atomic E-state index is 0.966. The molecule has 0 aliphatic rings. The van der Waals surface area contributed by atoms with Gasteiger partial charge in [0.25, 0.3) is 0 Å². The van der Waals surface area contributed by atoms with E-state index < -0.39 is 0 Å². The average Bonchev–Trinajstić information content (AvgIpc) is 1.90. The standard InChI is InChI=1S/C7H8NS/c1-6-3-4-7(9-2)8-5-6/h3-5H,1H2,2H3. The summed E-state index contributed by atoms with van der Waals surface area (Å²) in [7, 11) is 0.